The van der Waals surface area contributed by atoms with E-state index in [2.05, 4.69) is 63.1 Å². The van der Waals surface area contributed by atoms with Crippen LogP contribution in [0, 0.1) is 12.8 Å². The Kier molecular flexibility index (Phi) is 33.8. The molecular weight excluding hydrogens is 1420 g/mol. The number of carboxylic acids is 2. The fourth-order valence-corrected chi connectivity index (χ4v) is 14.2. The van der Waals surface area contributed by atoms with E-state index >= 15 is 4.79 Å². The van der Waals surface area contributed by atoms with Crippen molar-refractivity contribution in [3.63, 3.8) is 0 Å². The summed E-state index contributed by atoms with van der Waals surface area (Å²) in [5.74, 6) is -15.6. The number of benzene rings is 3. The molecule has 0 spiro atoms. The molecule has 1 saturated heterocycles. The summed E-state index contributed by atoms with van der Waals surface area (Å²) in [7, 11) is 1.71. The van der Waals surface area contributed by atoms with E-state index in [0.29, 0.717) is 40.4 Å². The predicted molar refractivity (Wildman–Crippen MR) is 394 cm³/mol. The molecule has 2 heterocycles. The Balaban J connectivity index is 1.41. The maximum Gasteiger partial charge on any atom is 0.303 e. The molecule has 1 aromatic heterocycles. The van der Waals surface area contributed by atoms with Gasteiger partial charge in [0.1, 0.15) is 60.1 Å². The number of phenols is 1. The number of aryl methyl sites for hydroxylation is 1. The van der Waals surface area contributed by atoms with Crippen molar-refractivity contribution in [3.8, 4) is 5.75 Å². The largest absolute Gasteiger partial charge is 0.508 e. The number of nitrogens with zero attached hydrogens (tertiary/aromatic N) is 2. The first kappa shape index (κ1) is 84.4. The average Bonchev–Trinajstić information content (AvgIpc) is 1.65. The highest BCUT2D eigenvalue weighted by atomic mass is 33.1. The number of carbonyl (C=O) groups excluding carboxylic acids is 12. The molecule has 106 heavy (non-hydrogen) atoms. The molecule has 6 rings (SSSR count). The number of H-pyrrole nitrogens is 1. The van der Waals surface area contributed by atoms with Crippen LogP contribution in [-0.2, 0) is 86.4 Å². The van der Waals surface area contributed by atoms with Crippen molar-refractivity contribution in [1.29, 1.82) is 0 Å². The van der Waals surface area contributed by atoms with Crippen molar-refractivity contribution in [2.75, 3.05) is 37.7 Å². The highest BCUT2D eigenvalue weighted by Gasteiger charge is 2.38. The zero-order valence-corrected chi connectivity index (χ0v) is 60.9. The third-order valence-corrected chi connectivity index (χ3v) is 20.0. The Morgan fingerprint density at radius 2 is 1.23 bits per heavy atom. The topological polar surface area (TPSA) is 555 Å². The van der Waals surface area contributed by atoms with Gasteiger partial charge in [0.05, 0.1) is 6.54 Å². The number of hydrogen-bond donors (Lipinski definition) is 18. The lowest BCUT2D eigenvalue weighted by molar-refractivity contribution is -0.139. The molecule has 1 saturated carbocycles. The van der Waals surface area contributed by atoms with Gasteiger partial charge in [-0.3, -0.25) is 72.1 Å². The number of primary amides is 1. The van der Waals surface area contributed by atoms with Crippen molar-refractivity contribution < 1.29 is 82.4 Å². The van der Waals surface area contributed by atoms with Crippen LogP contribution in [0.15, 0.2) is 84.0 Å². The zero-order chi connectivity index (χ0) is 77.6. The number of para-hydroxylation sites is 1. The molecule has 576 valence electrons. The second kappa shape index (κ2) is 42.5. The van der Waals surface area contributed by atoms with Gasteiger partial charge in [-0.05, 0) is 86.3 Å². The number of guanidine groups is 1. The summed E-state index contributed by atoms with van der Waals surface area (Å²) >= 11 is 0. The molecule has 1 aliphatic heterocycles. The molecular formula is C70H97N17O17S2. The molecule has 34 nitrogen and oxygen atoms in total. The molecule has 9 atom stereocenters. The monoisotopic (exact) mass is 1510 g/mol. The first-order chi connectivity index (χ1) is 50.5. The minimum atomic E-state index is -1.76. The summed E-state index contributed by atoms with van der Waals surface area (Å²) in [5.41, 5.74) is 25.7. The summed E-state index contributed by atoms with van der Waals surface area (Å²) in [6.45, 7) is 4.11. The normalized spacial score (nSPS) is 21.4. The molecule has 22 N–H and O–H groups in total. The lowest BCUT2D eigenvalue weighted by atomic mass is 9.99. The molecule has 1 aliphatic carbocycles. The number of aromatic nitrogens is 1. The van der Waals surface area contributed by atoms with Gasteiger partial charge in [0.2, 0.25) is 70.9 Å². The number of aromatic hydroxyl groups is 1. The molecule has 0 radical (unpaired) electrons. The van der Waals surface area contributed by atoms with Crippen LogP contribution in [0.5, 0.6) is 5.75 Å². The van der Waals surface area contributed by atoms with Crippen LogP contribution in [0.3, 0.4) is 0 Å². The number of phenolic OH excluding ortho intramolecular Hbond substituents is 1. The van der Waals surface area contributed by atoms with E-state index in [-0.39, 0.29) is 75.3 Å². The third kappa shape index (κ3) is 27.9. The van der Waals surface area contributed by atoms with Crippen LogP contribution >= 0.6 is 21.6 Å². The number of rotatable bonds is 26. The molecule has 4 aromatic rings. The number of nitrogens with one attached hydrogen (secondary N) is 11. The number of hydrogen-bond acceptors (Lipinski definition) is 19. The molecule has 3 aromatic carbocycles. The summed E-state index contributed by atoms with van der Waals surface area (Å²) in [5, 5.41) is 56.5. The van der Waals surface area contributed by atoms with E-state index in [1.54, 1.807) is 68.6 Å². The van der Waals surface area contributed by atoms with Crippen LogP contribution in [0.2, 0.25) is 0 Å². The van der Waals surface area contributed by atoms with E-state index in [0.717, 1.165) is 40.0 Å². The molecule has 36 heteroatoms. The van der Waals surface area contributed by atoms with Crippen LogP contribution < -0.4 is 76.1 Å². The summed E-state index contributed by atoms with van der Waals surface area (Å²) in [6.07, 6.45) is 0.576. The van der Waals surface area contributed by atoms with Gasteiger partial charge in [-0.2, -0.15) is 0 Å². The van der Waals surface area contributed by atoms with Crippen molar-refractivity contribution in [1.82, 2.24) is 63.1 Å². The van der Waals surface area contributed by atoms with Crippen LogP contribution in [0.4, 0.5) is 0 Å². The number of carbonyl (C=O) groups is 14. The smallest absolute Gasteiger partial charge is 0.303 e. The van der Waals surface area contributed by atoms with Gasteiger partial charge >= 0.3 is 11.9 Å². The van der Waals surface area contributed by atoms with Gasteiger partial charge in [0.25, 0.3) is 0 Å². The van der Waals surface area contributed by atoms with Crippen molar-refractivity contribution in [2.45, 2.75) is 178 Å². The minimum absolute atomic E-state index is 0.00836. The molecule has 12 amide bonds. The lowest BCUT2D eigenvalue weighted by Gasteiger charge is -2.30. The molecule has 2 fully saturated rings. The third-order valence-electron chi connectivity index (χ3n) is 17.6. The number of aliphatic imine (C=N–C) groups is 1. The number of nitrogens with two attached hydrogens (primary N) is 4. The number of amides is 12. The van der Waals surface area contributed by atoms with Crippen molar-refractivity contribution in [3.05, 3.63) is 101 Å². The Labute approximate surface area is 619 Å². The predicted octanol–water partition coefficient (Wildman–Crippen LogP) is -1.48. The van der Waals surface area contributed by atoms with Gasteiger partial charge < -0.3 is 101 Å². The number of carboxylic acid groups (broad SMARTS) is 2. The summed E-state index contributed by atoms with van der Waals surface area (Å²) in [4.78, 5) is 205. The Morgan fingerprint density at radius 1 is 0.651 bits per heavy atom. The molecule has 0 unspecified atom stereocenters. The summed E-state index contributed by atoms with van der Waals surface area (Å²) in [6, 6.07) is 5.13. The average molecular weight is 1510 g/mol. The van der Waals surface area contributed by atoms with Crippen LogP contribution in [0.1, 0.15) is 113 Å². The highest BCUT2D eigenvalue weighted by Crippen LogP contribution is 2.26. The standard InChI is InChI=1S/C70H97N17O17S2/c1-38(2)60-69(104)83-51(32-40-16-14-39(3)15-17-40)66(101)80-47(13-8-29-76-70(73)74)62(97)75-30-27-55(89)78-48(22-24-58(92)93)63(98)82-52(33-42-34-77-46-12-7-6-11-45(42)46)67(102)81-49(23-25-59(94)95)64(99)84-53(61(72)96)36-105-106-37-54(68(103)86-60)85-65(100)50(31-41-18-20-44(88)21-19-41)79-56(90)35-87(57(91)26-28-71)43-9-4-5-10-43/h6-7,11-12,14-21,34,38,43,47-54,60,77,88H,4-5,8-10,13,22-33,35-37,71H2,1-3H3,(H2,72,96)(H,75,97)(H,78,89)(H,79,90)(H,80,101)(H,81,102)(H,82,98)(H,83,104)(H,84,99)(H,85,100)(H,86,103)(H,92,93)(H,94,95)(H4,73,74,76)/t47-,48-,49-,50-,51-,52-,53+,54-,60-/m0/s1. The van der Waals surface area contributed by atoms with Gasteiger partial charge in [-0.15, -0.1) is 0 Å². The van der Waals surface area contributed by atoms with E-state index in [1.807, 2.05) is 6.92 Å². The van der Waals surface area contributed by atoms with Crippen molar-refractivity contribution in [2.24, 2.45) is 33.8 Å². The fraction of sp³-hybridized carbons (Fsp3) is 0.500. The number of aliphatic carboxylic acids is 2. The fourth-order valence-electron chi connectivity index (χ4n) is 11.8. The van der Waals surface area contributed by atoms with Gasteiger partial charge in [-0.25, -0.2) is 0 Å². The Bertz CT molecular complexity index is 3780. The van der Waals surface area contributed by atoms with Gasteiger partial charge in [0, 0.05) is 99.2 Å². The van der Waals surface area contributed by atoms with Crippen LogP contribution in [0.25, 0.3) is 10.9 Å². The zero-order valence-electron chi connectivity index (χ0n) is 59.3. The SMILES string of the molecule is Cc1ccc(C[C@@H]2NC(=O)[C@H](C(C)C)NC(=O)[C@@H](NC(=O)[C@H](Cc3ccc(O)cc3)NC(=O)CN(C(=O)CCN)C3CCCC3)CSSC[C@H](C(N)=O)NC(=O)[C@H](CCC(=O)O)NC(=O)[C@H](Cc3c[nH]c4ccccc34)NC(=O)[C@H](CCC(=O)O)NC(=O)CCNC(=O)[C@H](CCCN=C(N)N)NC2=O)cc1. The minimum Gasteiger partial charge on any atom is -0.508 e. The summed E-state index contributed by atoms with van der Waals surface area (Å²) < 4.78 is 0. The van der Waals surface area contributed by atoms with E-state index in [1.165, 1.54) is 29.2 Å². The first-order valence-corrected chi connectivity index (χ1v) is 37.4. The second-order valence-electron chi connectivity index (χ2n) is 26.3. The number of aromatic amines is 1. The van der Waals surface area contributed by atoms with E-state index in [9.17, 15) is 77.6 Å². The molecule has 0 bridgehead atoms. The maximum absolute atomic E-state index is 15.1. The van der Waals surface area contributed by atoms with E-state index < -0.39 is 194 Å². The van der Waals surface area contributed by atoms with Crippen LogP contribution in [-0.4, -0.2) is 212 Å². The first-order valence-electron chi connectivity index (χ1n) is 34.9. The van der Waals surface area contributed by atoms with Gasteiger partial charge in [0.15, 0.2) is 5.96 Å². The van der Waals surface area contributed by atoms with Crippen molar-refractivity contribution >= 4 is 121 Å². The maximum atomic E-state index is 15.1. The van der Waals surface area contributed by atoms with E-state index in [4.69, 9.17) is 22.9 Å². The quantitative estimate of drug-likeness (QED) is 0.0147. The highest BCUT2D eigenvalue weighted by molar-refractivity contribution is 8.76. The lowest BCUT2D eigenvalue weighted by Crippen LogP contribution is -2.61. The van der Waals surface area contributed by atoms with Gasteiger partial charge in [-0.1, -0.05) is 108 Å². The molecule has 2 aliphatic rings. The Morgan fingerprint density at radius 3 is 1.85 bits per heavy atom. The number of fused-ring (bicyclic) bond motifs is 1. The Hall–Kier alpha value is -10.5. The second-order valence-corrected chi connectivity index (χ2v) is 28.8.